The topological polar surface area (TPSA) is 85.2 Å². The summed E-state index contributed by atoms with van der Waals surface area (Å²) in [4.78, 5) is 23.4. The number of fused-ring (bicyclic) bond motifs is 1. The van der Waals surface area contributed by atoms with Crippen molar-refractivity contribution in [3.8, 4) is 0 Å². The van der Waals surface area contributed by atoms with Gasteiger partial charge in [-0.2, -0.15) is 0 Å². The fourth-order valence-electron chi connectivity index (χ4n) is 4.12. The van der Waals surface area contributed by atoms with Gasteiger partial charge in [-0.15, -0.1) is 0 Å². The monoisotopic (exact) mass is 376 g/mol. The summed E-state index contributed by atoms with van der Waals surface area (Å²) in [5, 5.41) is 0. The number of carbonyl (C=O) groups is 1. The summed E-state index contributed by atoms with van der Waals surface area (Å²) < 4.78 is 25.3. The summed E-state index contributed by atoms with van der Waals surface area (Å²) in [5.41, 5.74) is 2.08. The van der Waals surface area contributed by atoms with Gasteiger partial charge in [0.15, 0.2) is 5.65 Å². The average Bonchev–Trinajstić information content (AvgIpc) is 3.29. The molecule has 0 N–H and O–H groups in total. The Kier molecular flexibility index (Phi) is 4.46. The van der Waals surface area contributed by atoms with Crippen molar-refractivity contribution >= 4 is 26.9 Å². The van der Waals surface area contributed by atoms with E-state index in [4.69, 9.17) is 0 Å². The zero-order chi connectivity index (χ0) is 18.3. The molecule has 0 spiro atoms. The van der Waals surface area contributed by atoms with Gasteiger partial charge in [-0.25, -0.2) is 18.4 Å². The molecule has 1 saturated carbocycles. The number of pyridine rings is 1. The number of amides is 1. The van der Waals surface area contributed by atoms with Gasteiger partial charge in [0.2, 0.25) is 0 Å². The van der Waals surface area contributed by atoms with Crippen molar-refractivity contribution < 1.29 is 13.2 Å². The highest BCUT2D eigenvalue weighted by Crippen LogP contribution is 2.31. The number of carbonyl (C=O) groups excluding carboxylic acids is 1. The standard InChI is InChI=1S/C18H24N4O3S/c1-21(14-6-8-26(24,25)9-7-14)18(23)13-10-16-17(19-11-13)22(12-20-16)15-4-2-3-5-15/h10-12,14-15H,2-9H2,1H3. The Bertz CT molecular complexity index is 917. The number of nitrogens with zero attached hydrogens (tertiary/aromatic N) is 4. The fourth-order valence-corrected chi connectivity index (χ4v) is 5.59. The van der Waals surface area contributed by atoms with Crippen LogP contribution in [-0.4, -0.2) is 58.4 Å². The molecule has 1 aliphatic heterocycles. The van der Waals surface area contributed by atoms with Crippen LogP contribution in [0.2, 0.25) is 0 Å². The highest BCUT2D eigenvalue weighted by atomic mass is 32.2. The van der Waals surface area contributed by atoms with Gasteiger partial charge >= 0.3 is 0 Å². The van der Waals surface area contributed by atoms with Crippen molar-refractivity contribution in [2.45, 2.75) is 50.6 Å². The fraction of sp³-hybridized carbons (Fsp3) is 0.611. The van der Waals surface area contributed by atoms with Gasteiger partial charge in [0.05, 0.1) is 23.4 Å². The van der Waals surface area contributed by atoms with Crippen molar-refractivity contribution in [1.82, 2.24) is 19.4 Å². The Morgan fingerprint density at radius 1 is 1.15 bits per heavy atom. The number of rotatable bonds is 3. The lowest BCUT2D eigenvalue weighted by molar-refractivity contribution is 0.0721. The van der Waals surface area contributed by atoms with Crippen LogP contribution in [0.4, 0.5) is 0 Å². The predicted octanol–water partition coefficient (Wildman–Crippen LogP) is 2.20. The van der Waals surface area contributed by atoms with Gasteiger partial charge in [-0.3, -0.25) is 4.79 Å². The molecule has 0 bridgehead atoms. The van der Waals surface area contributed by atoms with E-state index in [9.17, 15) is 13.2 Å². The Hall–Kier alpha value is -1.96. The van der Waals surface area contributed by atoms with E-state index in [1.54, 1.807) is 24.2 Å². The summed E-state index contributed by atoms with van der Waals surface area (Å²) in [6.07, 6.45) is 9.23. The van der Waals surface area contributed by atoms with Crippen molar-refractivity contribution in [3.63, 3.8) is 0 Å². The summed E-state index contributed by atoms with van der Waals surface area (Å²) >= 11 is 0. The maximum absolute atomic E-state index is 12.8. The Morgan fingerprint density at radius 2 is 1.85 bits per heavy atom. The predicted molar refractivity (Wildman–Crippen MR) is 98.8 cm³/mol. The first kappa shape index (κ1) is 17.5. The molecule has 1 aliphatic carbocycles. The van der Waals surface area contributed by atoms with Crippen LogP contribution >= 0.6 is 0 Å². The summed E-state index contributed by atoms with van der Waals surface area (Å²) in [6.45, 7) is 0. The number of sulfone groups is 1. The van der Waals surface area contributed by atoms with E-state index in [1.165, 1.54) is 12.8 Å². The zero-order valence-electron chi connectivity index (χ0n) is 15.0. The smallest absolute Gasteiger partial charge is 0.255 e. The Morgan fingerprint density at radius 3 is 2.54 bits per heavy atom. The quantitative estimate of drug-likeness (QED) is 0.820. The number of hydrogen-bond acceptors (Lipinski definition) is 5. The number of aromatic nitrogens is 3. The van der Waals surface area contributed by atoms with Gasteiger partial charge < -0.3 is 9.47 Å². The van der Waals surface area contributed by atoms with Crippen LogP contribution in [0, 0.1) is 0 Å². The normalized spacial score (nSPS) is 21.3. The Labute approximate surface area is 153 Å². The molecule has 2 aromatic heterocycles. The van der Waals surface area contributed by atoms with Crippen LogP contribution in [0.3, 0.4) is 0 Å². The van der Waals surface area contributed by atoms with Crippen LogP contribution in [0.25, 0.3) is 11.2 Å². The van der Waals surface area contributed by atoms with Crippen molar-refractivity contribution in [2.24, 2.45) is 0 Å². The van der Waals surface area contributed by atoms with Crippen LogP contribution < -0.4 is 0 Å². The highest BCUT2D eigenvalue weighted by molar-refractivity contribution is 7.91. The molecule has 2 fully saturated rings. The van der Waals surface area contributed by atoms with Crippen LogP contribution in [0.5, 0.6) is 0 Å². The SMILES string of the molecule is CN(C(=O)c1cnc2c(c1)ncn2C1CCCC1)C1CCS(=O)(=O)CC1. The van der Waals surface area contributed by atoms with Crippen molar-refractivity contribution in [3.05, 3.63) is 24.2 Å². The third-order valence-corrected chi connectivity index (χ3v) is 7.49. The summed E-state index contributed by atoms with van der Waals surface area (Å²) in [7, 11) is -1.19. The summed E-state index contributed by atoms with van der Waals surface area (Å²) in [6, 6.07) is 2.21. The van der Waals surface area contributed by atoms with E-state index < -0.39 is 9.84 Å². The second kappa shape index (κ2) is 6.64. The lowest BCUT2D eigenvalue weighted by atomic mass is 10.1. The maximum atomic E-state index is 12.8. The van der Waals surface area contributed by atoms with E-state index in [0.717, 1.165) is 24.0 Å². The molecule has 2 aromatic rings. The third-order valence-electron chi connectivity index (χ3n) is 5.77. The average molecular weight is 376 g/mol. The molecular weight excluding hydrogens is 352 g/mol. The van der Waals surface area contributed by atoms with Gasteiger partial charge in [0.1, 0.15) is 15.4 Å². The van der Waals surface area contributed by atoms with Crippen LogP contribution in [0.1, 0.15) is 54.9 Å². The molecule has 140 valence electrons. The first-order valence-corrected chi connectivity index (χ1v) is 11.1. The largest absolute Gasteiger partial charge is 0.339 e. The summed E-state index contributed by atoms with van der Waals surface area (Å²) in [5.74, 6) is 0.176. The lowest BCUT2D eigenvalue weighted by Gasteiger charge is -2.31. The molecule has 0 radical (unpaired) electrons. The first-order chi connectivity index (χ1) is 12.4. The maximum Gasteiger partial charge on any atom is 0.255 e. The second-order valence-corrected chi connectivity index (χ2v) is 9.76. The van der Waals surface area contributed by atoms with Crippen molar-refractivity contribution in [2.75, 3.05) is 18.6 Å². The molecule has 0 atom stereocenters. The van der Waals surface area contributed by atoms with Crippen LogP contribution in [-0.2, 0) is 9.84 Å². The molecule has 0 aromatic carbocycles. The number of imidazole rings is 1. The van der Waals surface area contributed by atoms with Crippen LogP contribution in [0.15, 0.2) is 18.6 Å². The molecular formula is C18H24N4O3S. The van der Waals surface area contributed by atoms with E-state index >= 15 is 0 Å². The molecule has 0 unspecified atom stereocenters. The second-order valence-electron chi connectivity index (χ2n) is 7.46. The zero-order valence-corrected chi connectivity index (χ0v) is 15.8. The van der Waals surface area contributed by atoms with Gasteiger partial charge in [0, 0.05) is 25.3 Å². The molecule has 7 nitrogen and oxygen atoms in total. The van der Waals surface area contributed by atoms with Gasteiger partial charge in [-0.05, 0) is 31.7 Å². The van der Waals surface area contributed by atoms with E-state index in [2.05, 4.69) is 14.5 Å². The minimum atomic E-state index is -2.94. The molecule has 1 saturated heterocycles. The third kappa shape index (κ3) is 3.22. The Balaban J connectivity index is 1.53. The minimum absolute atomic E-state index is 0.0437. The van der Waals surface area contributed by atoms with E-state index in [0.29, 0.717) is 24.4 Å². The molecule has 3 heterocycles. The van der Waals surface area contributed by atoms with E-state index in [1.807, 2.05) is 6.33 Å². The van der Waals surface area contributed by atoms with Gasteiger partial charge in [-0.1, -0.05) is 12.8 Å². The first-order valence-electron chi connectivity index (χ1n) is 9.25. The molecule has 1 amide bonds. The minimum Gasteiger partial charge on any atom is -0.339 e. The lowest BCUT2D eigenvalue weighted by Crippen LogP contribution is -2.42. The highest BCUT2D eigenvalue weighted by Gasteiger charge is 2.29. The van der Waals surface area contributed by atoms with E-state index in [-0.39, 0.29) is 23.5 Å². The molecule has 26 heavy (non-hydrogen) atoms. The molecule has 4 rings (SSSR count). The molecule has 2 aliphatic rings. The number of hydrogen-bond donors (Lipinski definition) is 0. The van der Waals surface area contributed by atoms with Gasteiger partial charge in [0.25, 0.3) is 5.91 Å². The molecule has 8 heteroatoms. The van der Waals surface area contributed by atoms with Crippen molar-refractivity contribution in [1.29, 1.82) is 0 Å².